The first-order chi connectivity index (χ1) is 15.4. The fourth-order valence-electron chi connectivity index (χ4n) is 3.50. The first kappa shape index (κ1) is 23.1. The van der Waals surface area contributed by atoms with Gasteiger partial charge in [-0.3, -0.25) is 0 Å². The highest BCUT2D eigenvalue weighted by Crippen LogP contribution is 2.16. The number of methoxy groups -OCH3 is 1. The second-order valence-corrected chi connectivity index (χ2v) is 7.31. The van der Waals surface area contributed by atoms with Crippen LogP contribution in [0.3, 0.4) is 0 Å². The summed E-state index contributed by atoms with van der Waals surface area (Å²) in [5.74, 6) is -0.0480. The summed E-state index contributed by atoms with van der Waals surface area (Å²) >= 11 is 0. The molecule has 1 aromatic heterocycles. The fourth-order valence-corrected chi connectivity index (χ4v) is 3.50. The number of hydrogen-bond acceptors (Lipinski definition) is 6. The maximum atomic E-state index is 12.2. The molecule has 7 nitrogen and oxygen atoms in total. The zero-order valence-electron chi connectivity index (χ0n) is 18.2. The van der Waals surface area contributed by atoms with E-state index in [0.717, 1.165) is 11.1 Å². The van der Waals surface area contributed by atoms with Crippen LogP contribution in [0.1, 0.15) is 18.1 Å². The van der Waals surface area contributed by atoms with Crippen LogP contribution in [0.2, 0.25) is 0 Å². The Morgan fingerprint density at radius 2 is 1.59 bits per heavy atom. The highest BCUT2D eigenvalue weighted by Gasteiger charge is 2.19. The van der Waals surface area contributed by atoms with E-state index in [0.29, 0.717) is 35.1 Å². The van der Waals surface area contributed by atoms with Crippen molar-refractivity contribution >= 4 is 36.8 Å². The normalized spacial score (nSPS) is 12.6. The van der Waals surface area contributed by atoms with E-state index in [1.165, 1.54) is 13.2 Å². The molecule has 0 aliphatic heterocycles. The van der Waals surface area contributed by atoms with Crippen LogP contribution in [0.25, 0.3) is 11.4 Å². The predicted molar refractivity (Wildman–Crippen MR) is 126 cm³/mol. The Bertz CT molecular complexity index is 1150. The van der Waals surface area contributed by atoms with Crippen molar-refractivity contribution in [2.45, 2.75) is 20.0 Å². The molecule has 0 spiro atoms. The van der Waals surface area contributed by atoms with E-state index in [9.17, 15) is 14.8 Å². The molecule has 0 amide bonds. The molecule has 3 rings (SSSR count). The van der Waals surface area contributed by atoms with Crippen LogP contribution in [-0.4, -0.2) is 46.8 Å². The number of aliphatic imine (C=N–C) groups is 1. The average molecular weight is 431 g/mol. The van der Waals surface area contributed by atoms with E-state index in [4.69, 9.17) is 4.74 Å². The van der Waals surface area contributed by atoms with Gasteiger partial charge in [-0.2, -0.15) is 0 Å². The van der Waals surface area contributed by atoms with Crippen molar-refractivity contribution in [2.75, 3.05) is 7.11 Å². The molecular formula is C24H26BN3O4. The van der Waals surface area contributed by atoms with Crippen LogP contribution in [0.15, 0.2) is 71.7 Å². The summed E-state index contributed by atoms with van der Waals surface area (Å²) in [6.45, 7) is 6.43. The first-order valence-corrected chi connectivity index (χ1v) is 10.1. The second-order valence-electron chi connectivity index (χ2n) is 7.31. The van der Waals surface area contributed by atoms with E-state index in [2.05, 4.69) is 16.7 Å². The molecular weight excluding hydrogens is 405 g/mol. The van der Waals surface area contributed by atoms with E-state index in [1.807, 2.05) is 65.6 Å². The van der Waals surface area contributed by atoms with Crippen molar-refractivity contribution < 1.29 is 19.6 Å². The third-order valence-corrected chi connectivity index (χ3v) is 5.12. The molecule has 0 bridgehead atoms. The maximum absolute atomic E-state index is 12.2. The Labute approximate surface area is 187 Å². The van der Waals surface area contributed by atoms with Crippen molar-refractivity contribution in [3.05, 3.63) is 88.4 Å². The molecule has 8 heteroatoms. The van der Waals surface area contributed by atoms with Crippen molar-refractivity contribution in [3.63, 3.8) is 0 Å². The Balaban J connectivity index is 2.26. The topological polar surface area (TPSA) is 98.2 Å². The number of nitrogens with one attached hydrogen (secondary N) is 1. The van der Waals surface area contributed by atoms with E-state index in [-0.39, 0.29) is 5.59 Å². The van der Waals surface area contributed by atoms with Gasteiger partial charge in [-0.15, -0.1) is 0 Å². The first-order valence-electron chi connectivity index (χ1n) is 10.1. The Kier molecular flexibility index (Phi) is 7.65. The van der Waals surface area contributed by atoms with Crippen molar-refractivity contribution in [1.29, 1.82) is 0 Å². The molecule has 0 atom stereocenters. The quantitative estimate of drug-likeness (QED) is 0.274. The van der Waals surface area contributed by atoms with Gasteiger partial charge in [0.05, 0.1) is 12.5 Å². The van der Waals surface area contributed by atoms with Gasteiger partial charge in [-0.1, -0.05) is 60.7 Å². The lowest BCUT2D eigenvalue weighted by Gasteiger charge is -2.25. The molecule has 2 aromatic carbocycles. The van der Waals surface area contributed by atoms with Crippen LogP contribution >= 0.6 is 0 Å². The number of H-pyrrole nitrogens is 1. The zero-order valence-corrected chi connectivity index (χ0v) is 18.2. The molecule has 3 aromatic rings. The van der Waals surface area contributed by atoms with Gasteiger partial charge in [0, 0.05) is 29.5 Å². The number of aromatic nitrogens is 1. The monoisotopic (exact) mass is 431 g/mol. The molecule has 164 valence electrons. The molecule has 0 fully saturated rings. The number of ether oxygens (including phenoxy) is 1. The van der Waals surface area contributed by atoms with Crippen LogP contribution in [0.4, 0.5) is 0 Å². The van der Waals surface area contributed by atoms with Crippen LogP contribution in [0.5, 0.6) is 0 Å². The molecule has 0 aliphatic carbocycles. The average Bonchev–Trinajstić information content (AvgIpc) is 3.25. The number of rotatable bonds is 8. The summed E-state index contributed by atoms with van der Waals surface area (Å²) in [7, 11) is -0.441. The van der Waals surface area contributed by atoms with Gasteiger partial charge in [-0.25, -0.2) is 9.79 Å². The SMILES string of the molecule is C=N/C(=c1/[nH]c(B(O)O)c/c1=C(/C)C(=O)OC)N(Cc1ccccc1)Cc1ccccc1. The van der Waals surface area contributed by atoms with Gasteiger partial charge in [0.2, 0.25) is 0 Å². The number of aromatic amines is 1. The fraction of sp³-hybridized carbons (Fsp3) is 0.167. The molecule has 0 unspecified atom stereocenters. The van der Waals surface area contributed by atoms with Gasteiger partial charge in [0.25, 0.3) is 0 Å². The summed E-state index contributed by atoms with van der Waals surface area (Å²) in [5, 5.41) is 20.4. The molecule has 0 saturated carbocycles. The minimum Gasteiger partial charge on any atom is -0.466 e. The van der Waals surface area contributed by atoms with Crippen LogP contribution < -0.4 is 16.2 Å². The lowest BCUT2D eigenvalue weighted by atomic mass is 9.86. The van der Waals surface area contributed by atoms with Crippen molar-refractivity contribution in [2.24, 2.45) is 4.99 Å². The Morgan fingerprint density at radius 1 is 1.06 bits per heavy atom. The maximum Gasteiger partial charge on any atom is 0.505 e. The molecule has 32 heavy (non-hydrogen) atoms. The minimum atomic E-state index is -1.74. The molecule has 0 saturated heterocycles. The summed E-state index contributed by atoms with van der Waals surface area (Å²) < 4.78 is 4.87. The van der Waals surface area contributed by atoms with Gasteiger partial charge in [-0.05, 0) is 30.8 Å². The summed E-state index contributed by atoms with van der Waals surface area (Å²) in [6, 6.07) is 21.3. The summed E-state index contributed by atoms with van der Waals surface area (Å²) in [4.78, 5) is 21.5. The van der Waals surface area contributed by atoms with Crippen molar-refractivity contribution in [1.82, 2.24) is 9.88 Å². The van der Waals surface area contributed by atoms with Crippen molar-refractivity contribution in [3.8, 4) is 0 Å². The highest BCUT2D eigenvalue weighted by atomic mass is 16.5. The number of nitrogens with zero attached hydrogens (tertiary/aromatic N) is 2. The number of carbonyl (C=O) groups is 1. The van der Waals surface area contributed by atoms with E-state index >= 15 is 0 Å². The Hall–Kier alpha value is -3.62. The van der Waals surface area contributed by atoms with Gasteiger partial charge >= 0.3 is 13.1 Å². The van der Waals surface area contributed by atoms with Gasteiger partial charge < -0.3 is 24.7 Å². The van der Waals surface area contributed by atoms with Crippen LogP contribution in [-0.2, 0) is 22.6 Å². The molecule has 0 aliphatic rings. The summed E-state index contributed by atoms with van der Waals surface area (Å²) in [5.41, 5.74) is 2.58. The number of hydrogen-bond donors (Lipinski definition) is 3. The number of esters is 1. The highest BCUT2D eigenvalue weighted by molar-refractivity contribution is 6.57. The van der Waals surface area contributed by atoms with Gasteiger partial charge in [0.15, 0.2) is 5.82 Å². The van der Waals surface area contributed by atoms with E-state index < -0.39 is 13.1 Å². The second kappa shape index (κ2) is 10.6. The van der Waals surface area contributed by atoms with Crippen LogP contribution in [0, 0.1) is 0 Å². The lowest BCUT2D eigenvalue weighted by Crippen LogP contribution is -2.36. The lowest BCUT2D eigenvalue weighted by molar-refractivity contribution is -0.133. The summed E-state index contributed by atoms with van der Waals surface area (Å²) in [6.07, 6.45) is 0. The third kappa shape index (κ3) is 5.35. The zero-order chi connectivity index (χ0) is 23.1. The Morgan fingerprint density at radius 3 is 2.03 bits per heavy atom. The predicted octanol–water partition coefficient (Wildman–Crippen LogP) is 0.507. The number of carbonyl (C=O) groups excluding carboxylic acids is 1. The smallest absolute Gasteiger partial charge is 0.466 e. The molecule has 3 N–H and O–H groups in total. The largest absolute Gasteiger partial charge is 0.505 e. The minimum absolute atomic E-state index is 0.138. The van der Waals surface area contributed by atoms with E-state index in [1.54, 1.807) is 6.92 Å². The van der Waals surface area contributed by atoms with Gasteiger partial charge in [0.1, 0.15) is 0 Å². The third-order valence-electron chi connectivity index (χ3n) is 5.12. The standard InChI is InChI=1S/C24H26BN3O4/c1-17(24(29)32-3)20-14-21(25(30)31)27-22(20)23(26-2)28(15-18-10-6-4-7-11-18)16-19-12-8-5-9-13-19/h4-14,27,30-31H,2,15-16H2,1,3H3/b20-17+,23-22-. The molecule has 0 radical (unpaired) electrons. The number of benzene rings is 2. The molecule has 1 heterocycles.